The first kappa shape index (κ1) is 30.6. The molecule has 1 saturated carbocycles. The molecule has 3 aromatic rings. The lowest BCUT2D eigenvalue weighted by molar-refractivity contribution is -0.137. The van der Waals surface area contributed by atoms with E-state index in [1.54, 1.807) is 12.3 Å². The Bertz CT molecular complexity index is 1580. The number of hydrogen-bond acceptors (Lipinski definition) is 8. The average Bonchev–Trinajstić information content (AvgIpc) is 3.76. The first-order chi connectivity index (χ1) is 21.7. The first-order valence-corrected chi connectivity index (χ1v) is 15.4. The van der Waals surface area contributed by atoms with Gasteiger partial charge in [0.15, 0.2) is 5.69 Å². The molecule has 2 aromatic heterocycles. The number of nitriles is 1. The summed E-state index contributed by atoms with van der Waals surface area (Å²) in [5.41, 5.74) is 1.30. The minimum atomic E-state index is -4.55. The van der Waals surface area contributed by atoms with Crippen LogP contribution in [0.3, 0.4) is 0 Å². The molecule has 2 saturated heterocycles. The molecule has 1 aliphatic carbocycles. The predicted octanol–water partition coefficient (Wildman–Crippen LogP) is 5.35. The lowest BCUT2D eigenvalue weighted by Crippen LogP contribution is -2.48. The van der Waals surface area contributed by atoms with Crippen molar-refractivity contribution in [1.29, 1.82) is 5.26 Å². The maximum absolute atomic E-state index is 13.8. The molecule has 0 spiro atoms. The van der Waals surface area contributed by atoms with Crippen LogP contribution in [0.5, 0.6) is 11.6 Å². The Morgan fingerprint density at radius 2 is 2.02 bits per heavy atom. The van der Waals surface area contributed by atoms with Crippen molar-refractivity contribution in [1.82, 2.24) is 20.6 Å². The van der Waals surface area contributed by atoms with Crippen LogP contribution in [0, 0.1) is 17.2 Å². The van der Waals surface area contributed by atoms with Crippen LogP contribution in [0.1, 0.15) is 60.6 Å². The Morgan fingerprint density at radius 1 is 1.18 bits per heavy atom. The van der Waals surface area contributed by atoms with E-state index >= 15 is 0 Å². The number of aromatic nitrogens is 2. The maximum Gasteiger partial charge on any atom is 0.416 e. The van der Waals surface area contributed by atoms with Crippen LogP contribution in [-0.2, 0) is 6.18 Å². The number of carbonyl (C=O) groups excluding carboxylic acids is 1. The van der Waals surface area contributed by atoms with Crippen LogP contribution >= 0.6 is 0 Å². The van der Waals surface area contributed by atoms with Gasteiger partial charge in [-0.25, -0.2) is 9.97 Å². The molecule has 3 fully saturated rings. The fourth-order valence-electron chi connectivity index (χ4n) is 6.24. The van der Waals surface area contributed by atoms with E-state index in [-0.39, 0.29) is 35.4 Å². The first-order valence-electron chi connectivity index (χ1n) is 15.4. The van der Waals surface area contributed by atoms with Gasteiger partial charge in [0.05, 0.1) is 34.7 Å². The molecule has 2 N–H and O–H groups in total. The Hall–Kier alpha value is -4.37. The highest BCUT2D eigenvalue weighted by molar-refractivity contribution is 5.99. The monoisotopic (exact) mass is 620 g/mol. The molecule has 0 radical (unpaired) electrons. The number of carbonyl (C=O) groups is 1. The number of ether oxygens (including phenoxy) is 2. The van der Waals surface area contributed by atoms with E-state index in [1.165, 1.54) is 6.07 Å². The van der Waals surface area contributed by atoms with Crippen molar-refractivity contribution in [3.05, 3.63) is 65.5 Å². The van der Waals surface area contributed by atoms with Crippen LogP contribution < -0.4 is 25.0 Å². The molecular formula is C33H35F3N6O3. The van der Waals surface area contributed by atoms with Gasteiger partial charge in [0, 0.05) is 44.2 Å². The van der Waals surface area contributed by atoms with Gasteiger partial charge in [-0.15, -0.1) is 0 Å². The van der Waals surface area contributed by atoms with Crippen molar-refractivity contribution < 1.29 is 27.4 Å². The molecule has 4 heterocycles. The smallest absolute Gasteiger partial charge is 0.416 e. The number of piperidine rings is 1. The van der Waals surface area contributed by atoms with Gasteiger partial charge < -0.3 is 25.0 Å². The number of halogens is 3. The van der Waals surface area contributed by atoms with Crippen LogP contribution in [0.25, 0.3) is 11.3 Å². The van der Waals surface area contributed by atoms with Gasteiger partial charge in [-0.05, 0) is 81.1 Å². The quantitative estimate of drug-likeness (QED) is 0.329. The maximum atomic E-state index is 13.8. The van der Waals surface area contributed by atoms with Crippen LogP contribution in [-0.4, -0.2) is 60.3 Å². The number of nitrogens with zero attached hydrogens (tertiary/aromatic N) is 4. The number of rotatable bonds is 9. The van der Waals surface area contributed by atoms with E-state index in [0.29, 0.717) is 61.3 Å². The molecule has 3 atom stereocenters. The fourth-order valence-corrected chi connectivity index (χ4v) is 6.24. The van der Waals surface area contributed by atoms with Gasteiger partial charge in [0.25, 0.3) is 5.91 Å². The number of amides is 1. The third-order valence-corrected chi connectivity index (χ3v) is 8.61. The second kappa shape index (κ2) is 12.9. The predicted molar refractivity (Wildman–Crippen MR) is 161 cm³/mol. The van der Waals surface area contributed by atoms with Gasteiger partial charge in [-0.2, -0.15) is 18.4 Å². The highest BCUT2D eigenvalue weighted by Crippen LogP contribution is 2.43. The van der Waals surface area contributed by atoms with Crippen LogP contribution in [0.2, 0.25) is 0 Å². The molecule has 2 aliphatic heterocycles. The molecule has 236 valence electrons. The van der Waals surface area contributed by atoms with Crippen molar-refractivity contribution in [2.45, 2.75) is 63.4 Å². The normalized spacial score (nSPS) is 21.7. The summed E-state index contributed by atoms with van der Waals surface area (Å²) in [6.45, 7) is 4.40. The fraction of sp³-hybridized carbons (Fsp3) is 0.455. The average molecular weight is 621 g/mol. The minimum Gasteiger partial charge on any atom is -0.489 e. The van der Waals surface area contributed by atoms with E-state index in [9.17, 15) is 23.2 Å². The summed E-state index contributed by atoms with van der Waals surface area (Å²) in [5.74, 6) is 0.729. The summed E-state index contributed by atoms with van der Waals surface area (Å²) in [4.78, 5) is 25.3. The SMILES string of the molecule is CCOc1ncccc1-c1ccc(N2CC[C@H](Oc3ccc(C(F)(F)F)cc3C#N)CC2C2CC2)c(C(=O)N[C@@H]2CCNC2)n1. The molecule has 1 aromatic carbocycles. The topological polar surface area (TPSA) is 112 Å². The Balaban J connectivity index is 1.29. The zero-order chi connectivity index (χ0) is 31.6. The molecule has 1 amide bonds. The summed E-state index contributed by atoms with van der Waals surface area (Å²) in [6, 6.07) is 12.4. The van der Waals surface area contributed by atoms with Gasteiger partial charge in [-0.1, -0.05) is 0 Å². The molecule has 6 rings (SSSR count). The van der Waals surface area contributed by atoms with Crippen molar-refractivity contribution in [3.8, 4) is 29.0 Å². The van der Waals surface area contributed by atoms with E-state index < -0.39 is 11.7 Å². The van der Waals surface area contributed by atoms with Gasteiger partial charge in [0.1, 0.15) is 17.9 Å². The molecule has 9 nitrogen and oxygen atoms in total. The number of benzene rings is 1. The Labute approximate surface area is 259 Å². The van der Waals surface area contributed by atoms with Crippen LogP contribution in [0.4, 0.5) is 18.9 Å². The van der Waals surface area contributed by atoms with Gasteiger partial charge in [0.2, 0.25) is 5.88 Å². The molecule has 45 heavy (non-hydrogen) atoms. The third kappa shape index (κ3) is 6.83. The number of anilines is 1. The molecule has 12 heteroatoms. The molecular weight excluding hydrogens is 585 g/mol. The zero-order valence-corrected chi connectivity index (χ0v) is 24.9. The second-order valence-electron chi connectivity index (χ2n) is 11.7. The minimum absolute atomic E-state index is 0.00427. The lowest BCUT2D eigenvalue weighted by atomic mass is 9.94. The van der Waals surface area contributed by atoms with Crippen molar-refractivity contribution >= 4 is 11.6 Å². The molecule has 3 aliphatic rings. The highest BCUT2D eigenvalue weighted by Gasteiger charge is 2.42. The highest BCUT2D eigenvalue weighted by atomic mass is 19.4. The summed E-state index contributed by atoms with van der Waals surface area (Å²) in [5, 5.41) is 16.0. The zero-order valence-electron chi connectivity index (χ0n) is 24.9. The summed E-state index contributed by atoms with van der Waals surface area (Å²) in [7, 11) is 0. The van der Waals surface area contributed by atoms with E-state index in [2.05, 4.69) is 20.5 Å². The van der Waals surface area contributed by atoms with E-state index in [1.807, 2.05) is 31.2 Å². The van der Waals surface area contributed by atoms with Crippen molar-refractivity contribution in [3.63, 3.8) is 0 Å². The number of hydrogen-bond donors (Lipinski definition) is 2. The summed E-state index contributed by atoms with van der Waals surface area (Å²) < 4.78 is 51.6. The van der Waals surface area contributed by atoms with Gasteiger partial charge >= 0.3 is 6.18 Å². The summed E-state index contributed by atoms with van der Waals surface area (Å²) >= 11 is 0. The van der Waals surface area contributed by atoms with Crippen LogP contribution in [0.15, 0.2) is 48.7 Å². The summed E-state index contributed by atoms with van der Waals surface area (Å²) in [6.07, 6.45) is 0.868. The number of alkyl halides is 3. The van der Waals surface area contributed by atoms with Crippen molar-refractivity contribution in [2.75, 3.05) is 31.1 Å². The van der Waals surface area contributed by atoms with Crippen molar-refractivity contribution in [2.24, 2.45) is 5.92 Å². The largest absolute Gasteiger partial charge is 0.489 e. The Kier molecular flexibility index (Phi) is 8.81. The molecule has 0 bridgehead atoms. The second-order valence-corrected chi connectivity index (χ2v) is 11.7. The number of nitrogens with one attached hydrogen (secondary N) is 2. The lowest BCUT2D eigenvalue weighted by Gasteiger charge is -2.42. The van der Waals surface area contributed by atoms with E-state index in [0.717, 1.165) is 43.6 Å². The number of pyridine rings is 2. The van der Waals surface area contributed by atoms with E-state index in [4.69, 9.17) is 14.5 Å². The standard InChI is InChI=1S/C33H35F3N6O3/c1-2-44-32-25(4-3-13-39-32)26-8-9-27(30(41-26)31(43)40-23-11-14-38-19-23)42-15-12-24(17-28(42)20-5-6-20)45-29-10-7-22(33(34,35)36)16-21(29)18-37/h3-4,7-10,13,16,20,23-24,28,38H,2,5-6,11-12,14-15,17,19H2,1H3,(H,40,43)/t23-,24+,28?/m1/s1. The molecule has 1 unspecified atom stereocenters. The third-order valence-electron chi connectivity index (χ3n) is 8.61. The van der Waals surface area contributed by atoms with Gasteiger partial charge in [-0.3, -0.25) is 4.79 Å². The Morgan fingerprint density at radius 3 is 2.73 bits per heavy atom.